The molecule has 146 valence electrons. The van der Waals surface area contributed by atoms with Crippen LogP contribution in [0.3, 0.4) is 0 Å². The summed E-state index contributed by atoms with van der Waals surface area (Å²) in [4.78, 5) is 24.1. The topological polar surface area (TPSA) is 67.4 Å². The second kappa shape index (κ2) is 9.27. The molecule has 3 aromatic rings. The third-order valence-electron chi connectivity index (χ3n) is 4.03. The van der Waals surface area contributed by atoms with Gasteiger partial charge < -0.3 is 15.4 Å². The number of para-hydroxylation sites is 1. The number of carbonyl (C=O) groups is 2. The van der Waals surface area contributed by atoms with Crippen molar-refractivity contribution >= 4 is 33.2 Å². The van der Waals surface area contributed by atoms with Gasteiger partial charge in [0.1, 0.15) is 5.75 Å². The lowest BCUT2D eigenvalue weighted by Crippen LogP contribution is -2.37. The molecule has 0 atom stereocenters. The van der Waals surface area contributed by atoms with Crippen LogP contribution < -0.4 is 15.4 Å². The van der Waals surface area contributed by atoms with E-state index in [9.17, 15) is 18.4 Å². The highest BCUT2D eigenvalue weighted by Gasteiger charge is 2.16. The van der Waals surface area contributed by atoms with Crippen LogP contribution in [-0.4, -0.2) is 31.5 Å². The molecule has 0 saturated heterocycles. The lowest BCUT2D eigenvalue weighted by Gasteiger charge is -2.11. The smallest absolute Gasteiger partial charge is 0.387 e. The van der Waals surface area contributed by atoms with Crippen LogP contribution in [-0.2, 0) is 11.2 Å². The summed E-state index contributed by atoms with van der Waals surface area (Å²) in [5.41, 5.74) is 1.10. The van der Waals surface area contributed by atoms with Gasteiger partial charge in [0.05, 0.1) is 12.1 Å². The first kappa shape index (κ1) is 19.8. The van der Waals surface area contributed by atoms with Crippen molar-refractivity contribution in [3.63, 3.8) is 0 Å². The lowest BCUT2D eigenvalue weighted by molar-refractivity contribution is -0.120. The van der Waals surface area contributed by atoms with Crippen LogP contribution in [0.4, 0.5) is 8.78 Å². The van der Waals surface area contributed by atoms with Crippen molar-refractivity contribution in [3.8, 4) is 5.75 Å². The van der Waals surface area contributed by atoms with Gasteiger partial charge in [0, 0.05) is 11.2 Å². The number of ether oxygens (including phenoxy) is 1. The van der Waals surface area contributed by atoms with Gasteiger partial charge in [-0.3, -0.25) is 9.59 Å². The Bertz CT molecular complexity index is 975. The summed E-state index contributed by atoms with van der Waals surface area (Å²) >= 11 is 1.66. The zero-order valence-electron chi connectivity index (χ0n) is 14.8. The predicted molar refractivity (Wildman–Crippen MR) is 104 cm³/mol. The summed E-state index contributed by atoms with van der Waals surface area (Å²) in [5, 5.41) is 8.39. The molecule has 3 rings (SSSR count). The second-order valence-corrected chi connectivity index (χ2v) is 6.83. The quantitative estimate of drug-likeness (QED) is 0.603. The van der Waals surface area contributed by atoms with E-state index in [2.05, 4.69) is 20.8 Å². The Labute approximate surface area is 164 Å². The number of hydrogen-bond acceptors (Lipinski definition) is 4. The van der Waals surface area contributed by atoms with E-state index in [0.717, 1.165) is 5.56 Å². The van der Waals surface area contributed by atoms with Crippen molar-refractivity contribution in [2.45, 2.75) is 13.0 Å². The van der Waals surface area contributed by atoms with Crippen LogP contribution in [0.15, 0.2) is 53.9 Å². The summed E-state index contributed by atoms with van der Waals surface area (Å²) in [6.07, 6.45) is 0.675. The van der Waals surface area contributed by atoms with Gasteiger partial charge in [-0.15, -0.1) is 11.3 Å². The minimum atomic E-state index is -3.04. The van der Waals surface area contributed by atoms with E-state index in [1.165, 1.54) is 34.4 Å². The number of halogens is 2. The summed E-state index contributed by atoms with van der Waals surface area (Å²) < 4.78 is 30.3. The van der Waals surface area contributed by atoms with Crippen molar-refractivity contribution in [3.05, 3.63) is 65.0 Å². The fourth-order valence-electron chi connectivity index (χ4n) is 2.73. The number of fused-ring (bicyclic) bond motifs is 1. The van der Waals surface area contributed by atoms with Gasteiger partial charge in [-0.25, -0.2) is 0 Å². The van der Waals surface area contributed by atoms with E-state index in [-0.39, 0.29) is 23.8 Å². The fraction of sp³-hybridized carbons (Fsp3) is 0.200. The Hall–Kier alpha value is -3.00. The van der Waals surface area contributed by atoms with Crippen LogP contribution in [0.1, 0.15) is 15.9 Å². The summed E-state index contributed by atoms with van der Waals surface area (Å²) in [5.74, 6) is -1.25. The molecular formula is C20H18F2N2O3S. The molecule has 0 saturated carbocycles. The van der Waals surface area contributed by atoms with Gasteiger partial charge in [0.25, 0.3) is 5.91 Å². The molecule has 0 fully saturated rings. The van der Waals surface area contributed by atoms with Gasteiger partial charge in [0.2, 0.25) is 5.91 Å². The number of hydrogen-bond donors (Lipinski definition) is 2. The first-order valence-corrected chi connectivity index (χ1v) is 9.46. The maximum absolute atomic E-state index is 12.4. The van der Waals surface area contributed by atoms with E-state index in [0.29, 0.717) is 13.0 Å². The first-order valence-electron chi connectivity index (χ1n) is 8.58. The van der Waals surface area contributed by atoms with Crippen molar-refractivity contribution < 1.29 is 23.1 Å². The molecule has 28 heavy (non-hydrogen) atoms. The first-order chi connectivity index (χ1) is 13.5. The highest BCUT2D eigenvalue weighted by Crippen LogP contribution is 2.25. The van der Waals surface area contributed by atoms with E-state index in [4.69, 9.17) is 0 Å². The molecule has 0 aliphatic rings. The minimum absolute atomic E-state index is 0.0552. The average Bonchev–Trinajstić information content (AvgIpc) is 3.09. The number of carbonyl (C=O) groups excluding carboxylic acids is 2. The molecule has 1 heterocycles. The van der Waals surface area contributed by atoms with Crippen LogP contribution in [0.5, 0.6) is 5.75 Å². The van der Waals surface area contributed by atoms with Crippen molar-refractivity contribution in [1.29, 1.82) is 0 Å². The summed E-state index contributed by atoms with van der Waals surface area (Å²) in [7, 11) is 0. The number of thiophene rings is 1. The molecule has 0 bridgehead atoms. The molecule has 0 unspecified atom stereocenters. The van der Waals surface area contributed by atoms with Gasteiger partial charge in [-0.05, 0) is 40.9 Å². The van der Waals surface area contributed by atoms with E-state index >= 15 is 0 Å². The largest absolute Gasteiger partial charge is 0.434 e. The third-order valence-corrected chi connectivity index (χ3v) is 5.05. The monoisotopic (exact) mass is 404 g/mol. The molecule has 0 aliphatic carbocycles. The van der Waals surface area contributed by atoms with E-state index in [1.807, 2.05) is 24.3 Å². The van der Waals surface area contributed by atoms with Crippen molar-refractivity contribution in [1.82, 2.24) is 10.6 Å². The molecule has 2 aromatic carbocycles. The Morgan fingerprint density at radius 1 is 1.04 bits per heavy atom. The highest BCUT2D eigenvalue weighted by molar-refractivity contribution is 7.17. The van der Waals surface area contributed by atoms with E-state index in [1.54, 1.807) is 11.3 Å². The zero-order chi connectivity index (χ0) is 19.9. The van der Waals surface area contributed by atoms with Gasteiger partial charge >= 0.3 is 6.61 Å². The number of alkyl halides is 2. The van der Waals surface area contributed by atoms with Crippen LogP contribution in [0.2, 0.25) is 0 Å². The molecule has 0 spiro atoms. The molecule has 0 aliphatic heterocycles. The minimum Gasteiger partial charge on any atom is -0.434 e. The zero-order valence-corrected chi connectivity index (χ0v) is 15.6. The molecule has 2 amide bonds. The SMILES string of the molecule is O=C(CNC(=O)c1ccccc1OC(F)F)NCCc1csc2ccccc12. The molecule has 8 heteroatoms. The van der Waals surface area contributed by atoms with Gasteiger partial charge in [-0.1, -0.05) is 30.3 Å². The molecule has 5 nitrogen and oxygen atoms in total. The number of amides is 2. The van der Waals surface area contributed by atoms with Crippen LogP contribution in [0, 0.1) is 0 Å². The molecule has 0 radical (unpaired) electrons. The van der Waals surface area contributed by atoms with Crippen molar-refractivity contribution in [2.75, 3.05) is 13.1 Å². The highest BCUT2D eigenvalue weighted by atomic mass is 32.1. The lowest BCUT2D eigenvalue weighted by atomic mass is 10.1. The number of benzene rings is 2. The molecule has 2 N–H and O–H groups in total. The predicted octanol–water partition coefficient (Wildman–Crippen LogP) is 3.59. The maximum Gasteiger partial charge on any atom is 0.387 e. The van der Waals surface area contributed by atoms with Crippen LogP contribution in [0.25, 0.3) is 10.1 Å². The number of nitrogens with one attached hydrogen (secondary N) is 2. The fourth-order valence-corrected chi connectivity index (χ4v) is 3.73. The van der Waals surface area contributed by atoms with Gasteiger partial charge in [-0.2, -0.15) is 8.78 Å². The Morgan fingerprint density at radius 3 is 2.61 bits per heavy atom. The Kier molecular flexibility index (Phi) is 6.54. The Morgan fingerprint density at radius 2 is 1.79 bits per heavy atom. The van der Waals surface area contributed by atoms with Crippen LogP contribution >= 0.6 is 11.3 Å². The number of rotatable bonds is 8. The maximum atomic E-state index is 12.4. The normalized spacial score (nSPS) is 10.8. The Balaban J connectivity index is 1.47. The van der Waals surface area contributed by atoms with E-state index < -0.39 is 12.5 Å². The second-order valence-electron chi connectivity index (χ2n) is 5.91. The summed E-state index contributed by atoms with van der Waals surface area (Å²) in [6, 6.07) is 13.7. The average molecular weight is 404 g/mol. The van der Waals surface area contributed by atoms with Gasteiger partial charge in [0.15, 0.2) is 0 Å². The molecule has 1 aromatic heterocycles. The molecular weight excluding hydrogens is 386 g/mol. The third kappa shape index (κ3) is 5.04. The standard InChI is InChI=1S/C20H18F2N2O3S/c21-20(22)27-16-7-3-1-6-15(16)19(26)24-11-18(25)23-10-9-13-12-28-17-8-4-2-5-14(13)17/h1-8,12,20H,9-11H2,(H,23,25)(H,24,26). The van der Waals surface area contributed by atoms with Crippen molar-refractivity contribution in [2.24, 2.45) is 0 Å². The summed E-state index contributed by atoms with van der Waals surface area (Å²) in [6.45, 7) is -2.86.